The van der Waals surface area contributed by atoms with Gasteiger partial charge in [-0.1, -0.05) is 0 Å². The van der Waals surface area contributed by atoms with Crippen molar-refractivity contribution >= 4 is 17.5 Å². The number of carbonyl (C=O) groups excluding carboxylic acids is 1. The summed E-state index contributed by atoms with van der Waals surface area (Å²) in [6, 6.07) is 1.95. The lowest BCUT2D eigenvalue weighted by Crippen LogP contribution is -2.52. The van der Waals surface area contributed by atoms with E-state index in [0.29, 0.717) is 57.9 Å². The third-order valence-corrected chi connectivity index (χ3v) is 5.62. The first-order chi connectivity index (χ1) is 13.8. The maximum absolute atomic E-state index is 12.8. The minimum absolute atomic E-state index is 0.0631. The van der Waals surface area contributed by atoms with Gasteiger partial charge in [0.25, 0.3) is 5.78 Å². The van der Waals surface area contributed by atoms with Crippen LogP contribution >= 0.6 is 0 Å². The smallest absolute Gasteiger partial charge is 0.353 e. The van der Waals surface area contributed by atoms with Gasteiger partial charge >= 0.3 is 6.18 Å². The highest BCUT2D eigenvalue weighted by atomic mass is 19.4. The van der Waals surface area contributed by atoms with Crippen molar-refractivity contribution in [3.63, 3.8) is 0 Å². The van der Waals surface area contributed by atoms with E-state index in [1.807, 2.05) is 17.9 Å². The first-order valence-electron chi connectivity index (χ1n) is 9.80. The summed E-state index contributed by atoms with van der Waals surface area (Å²) in [5, 5.41) is 4.23. The van der Waals surface area contributed by atoms with E-state index in [2.05, 4.69) is 20.0 Å². The molecule has 29 heavy (non-hydrogen) atoms. The maximum Gasteiger partial charge on any atom is 0.401 e. The van der Waals surface area contributed by atoms with E-state index in [4.69, 9.17) is 0 Å². The molecule has 0 spiro atoms. The average molecular weight is 411 g/mol. The monoisotopic (exact) mass is 411 g/mol. The standard InChI is InChI=1S/C18H24F3N7O/c1-13-10-15(28-17(24-13)22-12-23-28)26-6-8-27(9-7-26)16(29)14-2-4-25(5-3-14)11-18(19,20)21/h10,12,14H,2-9,11H2,1H3. The number of hydrogen-bond donors (Lipinski definition) is 0. The Bertz CT molecular complexity index is 868. The molecule has 4 rings (SSSR count). The van der Waals surface area contributed by atoms with Crippen LogP contribution in [0.4, 0.5) is 19.0 Å². The Morgan fingerprint density at radius 3 is 2.48 bits per heavy atom. The van der Waals surface area contributed by atoms with Gasteiger partial charge in [0, 0.05) is 43.9 Å². The van der Waals surface area contributed by atoms with Gasteiger partial charge in [-0.3, -0.25) is 9.69 Å². The zero-order chi connectivity index (χ0) is 20.6. The molecule has 158 valence electrons. The minimum Gasteiger partial charge on any atom is -0.353 e. The summed E-state index contributed by atoms with van der Waals surface area (Å²) in [6.07, 6.45) is -1.75. The number of halogens is 3. The van der Waals surface area contributed by atoms with E-state index in [-0.39, 0.29) is 11.8 Å². The number of aryl methyl sites for hydroxylation is 1. The van der Waals surface area contributed by atoms with Crippen molar-refractivity contribution in [3.8, 4) is 0 Å². The van der Waals surface area contributed by atoms with E-state index >= 15 is 0 Å². The third kappa shape index (κ3) is 4.44. The second-order valence-electron chi connectivity index (χ2n) is 7.71. The summed E-state index contributed by atoms with van der Waals surface area (Å²) in [5.74, 6) is 1.33. The molecule has 0 N–H and O–H groups in total. The Morgan fingerprint density at radius 1 is 1.14 bits per heavy atom. The number of amides is 1. The van der Waals surface area contributed by atoms with Crippen molar-refractivity contribution in [2.45, 2.75) is 25.9 Å². The molecule has 2 aliphatic rings. The van der Waals surface area contributed by atoms with Crippen LogP contribution < -0.4 is 4.90 Å². The van der Waals surface area contributed by atoms with Crippen molar-refractivity contribution in [1.82, 2.24) is 29.4 Å². The van der Waals surface area contributed by atoms with Crippen LogP contribution in [0.25, 0.3) is 5.78 Å². The lowest BCUT2D eigenvalue weighted by molar-refractivity contribution is -0.151. The molecule has 2 saturated heterocycles. The molecule has 4 heterocycles. The normalized spacial score (nSPS) is 19.9. The Hall–Kier alpha value is -2.43. The van der Waals surface area contributed by atoms with Gasteiger partial charge in [-0.2, -0.15) is 27.8 Å². The molecule has 1 amide bonds. The lowest BCUT2D eigenvalue weighted by atomic mass is 9.95. The maximum atomic E-state index is 12.8. The Kier molecular flexibility index (Phi) is 5.32. The zero-order valence-corrected chi connectivity index (χ0v) is 16.3. The summed E-state index contributed by atoms with van der Waals surface area (Å²) < 4.78 is 39.3. The van der Waals surface area contributed by atoms with Gasteiger partial charge in [0.1, 0.15) is 12.1 Å². The fraction of sp³-hybridized carbons (Fsp3) is 0.667. The molecule has 2 aromatic heterocycles. The molecule has 0 aromatic carbocycles. The van der Waals surface area contributed by atoms with Crippen LogP contribution in [0, 0.1) is 12.8 Å². The van der Waals surface area contributed by atoms with Crippen molar-refractivity contribution in [3.05, 3.63) is 18.1 Å². The molecule has 0 unspecified atom stereocenters. The van der Waals surface area contributed by atoms with Gasteiger partial charge in [0.2, 0.25) is 5.91 Å². The first kappa shape index (κ1) is 19.9. The summed E-state index contributed by atoms with van der Waals surface area (Å²) in [7, 11) is 0. The topological polar surface area (TPSA) is 69.9 Å². The summed E-state index contributed by atoms with van der Waals surface area (Å²) in [5.41, 5.74) is 0.852. The second-order valence-corrected chi connectivity index (χ2v) is 7.71. The van der Waals surface area contributed by atoms with Gasteiger partial charge in [-0.15, -0.1) is 0 Å². The molecule has 8 nitrogen and oxygen atoms in total. The van der Waals surface area contributed by atoms with E-state index in [1.54, 1.807) is 4.52 Å². The van der Waals surface area contributed by atoms with Gasteiger partial charge in [0.15, 0.2) is 0 Å². The molecule has 2 fully saturated rings. The van der Waals surface area contributed by atoms with Gasteiger partial charge in [-0.05, 0) is 32.9 Å². The van der Waals surface area contributed by atoms with Crippen molar-refractivity contribution in [2.75, 3.05) is 50.7 Å². The summed E-state index contributed by atoms with van der Waals surface area (Å²) in [4.78, 5) is 26.7. The highest BCUT2D eigenvalue weighted by Crippen LogP contribution is 2.25. The fourth-order valence-electron chi connectivity index (χ4n) is 4.14. The minimum atomic E-state index is -4.19. The Balaban J connectivity index is 1.33. The largest absolute Gasteiger partial charge is 0.401 e. The number of hydrogen-bond acceptors (Lipinski definition) is 6. The highest BCUT2D eigenvalue weighted by Gasteiger charge is 2.35. The van der Waals surface area contributed by atoms with Gasteiger partial charge in [0.05, 0.1) is 6.54 Å². The Morgan fingerprint density at radius 2 is 1.83 bits per heavy atom. The van der Waals surface area contributed by atoms with Crippen LogP contribution in [0.15, 0.2) is 12.4 Å². The van der Waals surface area contributed by atoms with E-state index in [1.165, 1.54) is 11.2 Å². The number of rotatable bonds is 3. The number of alkyl halides is 3. The van der Waals surface area contributed by atoms with E-state index in [9.17, 15) is 18.0 Å². The summed E-state index contributed by atoms with van der Waals surface area (Å²) in [6.45, 7) is 4.14. The molecule has 0 aliphatic carbocycles. The van der Waals surface area contributed by atoms with Crippen LogP contribution in [-0.4, -0.2) is 87.3 Å². The number of piperazine rings is 1. The number of anilines is 1. The van der Waals surface area contributed by atoms with Crippen LogP contribution in [0.2, 0.25) is 0 Å². The Labute approximate surface area is 166 Å². The summed E-state index contributed by atoms with van der Waals surface area (Å²) >= 11 is 0. The zero-order valence-electron chi connectivity index (χ0n) is 16.3. The van der Waals surface area contributed by atoms with E-state index < -0.39 is 12.7 Å². The number of likely N-dealkylation sites (tertiary alicyclic amines) is 1. The van der Waals surface area contributed by atoms with Gasteiger partial charge < -0.3 is 9.80 Å². The molecular weight excluding hydrogens is 387 g/mol. The molecule has 0 atom stereocenters. The highest BCUT2D eigenvalue weighted by molar-refractivity contribution is 5.79. The second kappa shape index (κ2) is 7.77. The predicted molar refractivity (Wildman–Crippen MR) is 99.5 cm³/mol. The number of nitrogens with zero attached hydrogens (tertiary/aromatic N) is 7. The molecule has 0 bridgehead atoms. The lowest BCUT2D eigenvalue weighted by Gasteiger charge is -2.39. The molecule has 2 aliphatic heterocycles. The SMILES string of the molecule is Cc1cc(N2CCN(C(=O)C3CCN(CC(F)(F)F)CC3)CC2)n2ncnc2n1. The quantitative estimate of drug-likeness (QED) is 0.760. The predicted octanol–water partition coefficient (Wildman–Crippen LogP) is 1.36. The third-order valence-electron chi connectivity index (χ3n) is 5.62. The molecule has 0 saturated carbocycles. The molecule has 2 aromatic rings. The van der Waals surface area contributed by atoms with Crippen molar-refractivity contribution in [1.29, 1.82) is 0 Å². The molecular formula is C18H24F3N7O. The number of aromatic nitrogens is 4. The van der Waals surface area contributed by atoms with E-state index in [0.717, 1.165) is 11.5 Å². The van der Waals surface area contributed by atoms with Crippen molar-refractivity contribution < 1.29 is 18.0 Å². The van der Waals surface area contributed by atoms with Crippen LogP contribution in [-0.2, 0) is 4.79 Å². The van der Waals surface area contributed by atoms with Crippen LogP contribution in [0.3, 0.4) is 0 Å². The van der Waals surface area contributed by atoms with Gasteiger partial charge in [-0.25, -0.2) is 4.98 Å². The van der Waals surface area contributed by atoms with Crippen LogP contribution in [0.5, 0.6) is 0 Å². The molecule has 11 heteroatoms. The number of piperidine rings is 1. The van der Waals surface area contributed by atoms with Crippen molar-refractivity contribution in [2.24, 2.45) is 5.92 Å². The average Bonchev–Trinajstić information content (AvgIpc) is 3.14. The van der Waals surface area contributed by atoms with Crippen LogP contribution in [0.1, 0.15) is 18.5 Å². The molecule has 0 radical (unpaired) electrons. The fourth-order valence-corrected chi connectivity index (χ4v) is 4.14. The first-order valence-corrected chi connectivity index (χ1v) is 9.80. The number of carbonyl (C=O) groups is 1. The number of fused-ring (bicyclic) bond motifs is 1.